The molecule has 0 spiro atoms. The lowest BCUT2D eigenvalue weighted by atomic mass is 10.0. The zero-order valence-corrected chi connectivity index (χ0v) is 18.2. The molecule has 0 saturated heterocycles. The number of hydrogen-bond donors (Lipinski definition) is 0. The maximum absolute atomic E-state index is 11.7. The molecule has 4 heteroatoms. The van der Waals surface area contributed by atoms with Crippen molar-refractivity contribution in [2.75, 3.05) is 13.2 Å². The molecule has 0 aliphatic rings. The van der Waals surface area contributed by atoms with Crippen molar-refractivity contribution in [3.63, 3.8) is 0 Å². The van der Waals surface area contributed by atoms with Gasteiger partial charge in [-0.3, -0.25) is 9.59 Å². The maximum Gasteiger partial charge on any atom is 0.308 e. The van der Waals surface area contributed by atoms with Gasteiger partial charge in [0, 0.05) is 6.42 Å². The van der Waals surface area contributed by atoms with Gasteiger partial charge in [0.15, 0.2) is 0 Å². The highest BCUT2D eigenvalue weighted by molar-refractivity contribution is 5.71. The molecule has 0 saturated carbocycles. The predicted molar refractivity (Wildman–Crippen MR) is 112 cm³/mol. The monoisotopic (exact) mass is 384 g/mol. The van der Waals surface area contributed by atoms with E-state index in [1.807, 2.05) is 20.8 Å². The molecule has 0 fully saturated rings. The third kappa shape index (κ3) is 18.1. The van der Waals surface area contributed by atoms with Gasteiger partial charge >= 0.3 is 11.9 Å². The van der Waals surface area contributed by atoms with Crippen LogP contribution in [-0.4, -0.2) is 25.2 Å². The molecule has 1 atom stereocenters. The molecule has 0 aromatic heterocycles. The second-order valence-electron chi connectivity index (χ2n) is 7.72. The van der Waals surface area contributed by atoms with Crippen molar-refractivity contribution in [3.8, 4) is 0 Å². The fraction of sp³-hybridized carbons (Fsp3) is 0.913. The number of hydrogen-bond acceptors (Lipinski definition) is 4. The van der Waals surface area contributed by atoms with E-state index in [2.05, 4.69) is 0 Å². The van der Waals surface area contributed by atoms with E-state index in [4.69, 9.17) is 9.47 Å². The average molecular weight is 385 g/mol. The quantitative estimate of drug-likeness (QED) is 0.186. The molecule has 4 nitrogen and oxygen atoms in total. The molecule has 160 valence electrons. The van der Waals surface area contributed by atoms with Crippen LogP contribution < -0.4 is 0 Å². The number of ether oxygens (including phenoxy) is 2. The SMILES string of the molecule is CCCOC(=O)CCCCCCCCCCCCCC(C)C(=O)OCCC. The van der Waals surface area contributed by atoms with E-state index in [0.29, 0.717) is 19.6 Å². The van der Waals surface area contributed by atoms with Crippen molar-refractivity contribution in [2.24, 2.45) is 5.92 Å². The van der Waals surface area contributed by atoms with Gasteiger partial charge in [-0.05, 0) is 25.7 Å². The minimum atomic E-state index is -0.0379. The van der Waals surface area contributed by atoms with E-state index in [9.17, 15) is 9.59 Å². The Labute approximate surface area is 167 Å². The van der Waals surface area contributed by atoms with Crippen molar-refractivity contribution in [1.29, 1.82) is 0 Å². The first-order valence-electron chi connectivity index (χ1n) is 11.4. The van der Waals surface area contributed by atoms with Gasteiger partial charge in [0.25, 0.3) is 0 Å². The number of rotatable bonds is 19. The van der Waals surface area contributed by atoms with Crippen molar-refractivity contribution in [1.82, 2.24) is 0 Å². The summed E-state index contributed by atoms with van der Waals surface area (Å²) in [5.41, 5.74) is 0. The van der Waals surface area contributed by atoms with Gasteiger partial charge in [0.05, 0.1) is 19.1 Å². The van der Waals surface area contributed by atoms with E-state index in [1.54, 1.807) is 0 Å². The maximum atomic E-state index is 11.7. The van der Waals surface area contributed by atoms with Crippen LogP contribution in [0.1, 0.15) is 117 Å². The lowest BCUT2D eigenvalue weighted by Gasteiger charge is -2.10. The minimum absolute atomic E-state index is 0.0327. The van der Waals surface area contributed by atoms with E-state index >= 15 is 0 Å². The lowest BCUT2D eigenvalue weighted by molar-refractivity contribution is -0.148. The van der Waals surface area contributed by atoms with Crippen LogP contribution in [0.4, 0.5) is 0 Å². The zero-order valence-electron chi connectivity index (χ0n) is 18.2. The average Bonchev–Trinajstić information content (AvgIpc) is 2.67. The Hall–Kier alpha value is -1.06. The van der Waals surface area contributed by atoms with Crippen LogP contribution in [0, 0.1) is 5.92 Å². The van der Waals surface area contributed by atoms with Crippen molar-refractivity contribution in [2.45, 2.75) is 117 Å². The van der Waals surface area contributed by atoms with Crippen LogP contribution in [0.15, 0.2) is 0 Å². The van der Waals surface area contributed by atoms with Gasteiger partial charge in [-0.15, -0.1) is 0 Å². The molecule has 0 amide bonds. The van der Waals surface area contributed by atoms with E-state index < -0.39 is 0 Å². The summed E-state index contributed by atoms with van der Waals surface area (Å²) in [5, 5.41) is 0. The van der Waals surface area contributed by atoms with Crippen LogP contribution in [0.25, 0.3) is 0 Å². The van der Waals surface area contributed by atoms with Crippen LogP contribution in [0.5, 0.6) is 0 Å². The van der Waals surface area contributed by atoms with E-state index in [-0.39, 0.29) is 17.9 Å². The van der Waals surface area contributed by atoms with Crippen molar-refractivity contribution >= 4 is 11.9 Å². The number of unbranched alkanes of at least 4 members (excludes halogenated alkanes) is 10. The smallest absolute Gasteiger partial charge is 0.308 e. The second kappa shape index (κ2) is 19.7. The molecular weight excluding hydrogens is 340 g/mol. The van der Waals surface area contributed by atoms with Gasteiger partial charge in [-0.1, -0.05) is 85.0 Å². The Kier molecular flexibility index (Phi) is 18.9. The summed E-state index contributed by atoms with van der Waals surface area (Å²) in [7, 11) is 0. The first-order chi connectivity index (χ1) is 13.1. The van der Waals surface area contributed by atoms with Gasteiger partial charge in [0.1, 0.15) is 0 Å². The first kappa shape index (κ1) is 25.9. The van der Waals surface area contributed by atoms with Gasteiger partial charge in [0.2, 0.25) is 0 Å². The molecule has 0 N–H and O–H groups in total. The summed E-state index contributed by atoms with van der Waals surface area (Å²) in [5.74, 6) is -0.0242. The molecule has 0 rings (SSSR count). The number of esters is 2. The Morgan fingerprint density at radius 2 is 1.11 bits per heavy atom. The standard InChI is InChI=1S/C23H44O4/c1-4-19-26-22(24)18-16-14-12-10-8-6-7-9-11-13-15-17-21(3)23(25)27-20-5-2/h21H,4-20H2,1-3H3. The van der Waals surface area contributed by atoms with Crippen molar-refractivity contribution in [3.05, 3.63) is 0 Å². The normalized spacial score (nSPS) is 12.0. The fourth-order valence-electron chi connectivity index (χ4n) is 3.06. The van der Waals surface area contributed by atoms with Gasteiger partial charge in [-0.2, -0.15) is 0 Å². The van der Waals surface area contributed by atoms with Crippen LogP contribution in [0.3, 0.4) is 0 Å². The number of carbonyl (C=O) groups excluding carboxylic acids is 2. The van der Waals surface area contributed by atoms with Crippen LogP contribution >= 0.6 is 0 Å². The number of carbonyl (C=O) groups is 2. The van der Waals surface area contributed by atoms with Gasteiger partial charge in [-0.25, -0.2) is 0 Å². The minimum Gasteiger partial charge on any atom is -0.466 e. The summed E-state index contributed by atoms with van der Waals surface area (Å²) >= 11 is 0. The Morgan fingerprint density at radius 3 is 1.63 bits per heavy atom. The Morgan fingerprint density at radius 1 is 0.667 bits per heavy atom. The third-order valence-corrected chi connectivity index (χ3v) is 4.84. The van der Waals surface area contributed by atoms with Crippen LogP contribution in [0.2, 0.25) is 0 Å². The zero-order chi connectivity index (χ0) is 20.2. The summed E-state index contributed by atoms with van der Waals surface area (Å²) in [6.45, 7) is 7.12. The molecule has 0 aliphatic heterocycles. The molecule has 0 bridgehead atoms. The first-order valence-corrected chi connectivity index (χ1v) is 11.4. The molecular formula is C23H44O4. The largest absolute Gasteiger partial charge is 0.466 e. The fourth-order valence-corrected chi connectivity index (χ4v) is 3.06. The molecule has 0 aromatic rings. The highest BCUT2D eigenvalue weighted by Crippen LogP contribution is 2.15. The summed E-state index contributed by atoms with van der Waals surface area (Å²) < 4.78 is 10.2. The summed E-state index contributed by atoms with van der Waals surface area (Å²) in [6.07, 6.45) is 16.8. The highest BCUT2D eigenvalue weighted by atomic mass is 16.5. The molecule has 0 heterocycles. The molecule has 0 aromatic carbocycles. The molecule has 27 heavy (non-hydrogen) atoms. The van der Waals surface area contributed by atoms with E-state index in [1.165, 1.54) is 51.4 Å². The molecule has 0 aliphatic carbocycles. The van der Waals surface area contributed by atoms with Gasteiger partial charge < -0.3 is 9.47 Å². The topological polar surface area (TPSA) is 52.6 Å². The van der Waals surface area contributed by atoms with Crippen molar-refractivity contribution < 1.29 is 19.1 Å². The second-order valence-corrected chi connectivity index (χ2v) is 7.72. The Balaban J connectivity index is 3.25. The Bertz CT molecular complexity index is 354. The van der Waals surface area contributed by atoms with Crippen LogP contribution in [-0.2, 0) is 19.1 Å². The predicted octanol–water partition coefficient (Wildman–Crippen LogP) is 6.60. The molecule has 1 unspecified atom stereocenters. The van der Waals surface area contributed by atoms with E-state index in [0.717, 1.165) is 38.5 Å². The lowest BCUT2D eigenvalue weighted by Crippen LogP contribution is -2.15. The molecule has 0 radical (unpaired) electrons. The summed E-state index contributed by atoms with van der Waals surface area (Å²) in [4.78, 5) is 23.0. The summed E-state index contributed by atoms with van der Waals surface area (Å²) in [6, 6.07) is 0. The third-order valence-electron chi connectivity index (χ3n) is 4.84. The highest BCUT2D eigenvalue weighted by Gasteiger charge is 2.13.